The molecule has 1 unspecified atom stereocenters. The number of ether oxygens (including phenoxy) is 2. The first-order valence-corrected chi connectivity index (χ1v) is 10.1. The smallest absolute Gasteiger partial charge is 0.410 e. The first-order chi connectivity index (χ1) is 13.2. The molecule has 9 nitrogen and oxygen atoms in total. The average molecular weight is 398 g/mol. The number of nitrogens with two attached hydrogens (primary N) is 1. The van der Waals surface area contributed by atoms with E-state index >= 15 is 0 Å². The first kappa shape index (κ1) is 22.1. The fourth-order valence-corrected chi connectivity index (χ4v) is 3.38. The van der Waals surface area contributed by atoms with Gasteiger partial charge < -0.3 is 30.3 Å². The molecule has 0 saturated carbocycles. The van der Waals surface area contributed by atoms with Crippen LogP contribution in [0.3, 0.4) is 0 Å². The van der Waals surface area contributed by atoms with Gasteiger partial charge in [0.25, 0.3) is 0 Å². The lowest BCUT2D eigenvalue weighted by Crippen LogP contribution is -2.48. The van der Waals surface area contributed by atoms with Crippen molar-refractivity contribution in [1.82, 2.24) is 15.1 Å². The number of aliphatic imine (C=N–C) groups is 1. The number of carbonyl (C=O) groups is 2. The molecular weight excluding hydrogens is 362 g/mol. The maximum atomic E-state index is 12.1. The van der Waals surface area contributed by atoms with Crippen LogP contribution in [-0.4, -0.2) is 78.9 Å². The third kappa shape index (κ3) is 7.09. The van der Waals surface area contributed by atoms with Crippen LogP contribution < -0.4 is 11.1 Å². The lowest BCUT2D eigenvalue weighted by atomic mass is 10.1. The Morgan fingerprint density at radius 2 is 1.75 bits per heavy atom. The molecule has 9 heteroatoms. The molecule has 2 rings (SSSR count). The molecule has 0 aromatic heterocycles. The van der Waals surface area contributed by atoms with E-state index in [1.165, 1.54) is 0 Å². The van der Waals surface area contributed by atoms with E-state index in [4.69, 9.17) is 15.2 Å². The Morgan fingerprint density at radius 3 is 2.36 bits per heavy atom. The number of hydrogen-bond donors (Lipinski definition) is 2. The van der Waals surface area contributed by atoms with Gasteiger partial charge in [-0.05, 0) is 52.9 Å². The molecule has 0 aromatic carbocycles. The summed E-state index contributed by atoms with van der Waals surface area (Å²) in [5.41, 5.74) is 5.55. The van der Waals surface area contributed by atoms with E-state index in [1.54, 1.807) is 16.7 Å². The second kappa shape index (κ2) is 9.84. The molecule has 2 fully saturated rings. The van der Waals surface area contributed by atoms with Crippen molar-refractivity contribution in [1.29, 1.82) is 0 Å². The van der Waals surface area contributed by atoms with Crippen LogP contribution in [0.4, 0.5) is 9.59 Å². The van der Waals surface area contributed by atoms with Crippen molar-refractivity contribution < 1.29 is 19.1 Å². The summed E-state index contributed by atoms with van der Waals surface area (Å²) in [7, 11) is 0. The summed E-state index contributed by atoms with van der Waals surface area (Å²) in [4.78, 5) is 31.8. The number of amides is 2. The van der Waals surface area contributed by atoms with Crippen LogP contribution in [0, 0.1) is 5.92 Å². The molecule has 0 aromatic rings. The van der Waals surface area contributed by atoms with Crippen LogP contribution in [0.15, 0.2) is 4.99 Å². The average Bonchev–Trinajstić information content (AvgIpc) is 3.09. The molecule has 0 aliphatic carbocycles. The number of carbonyl (C=O) groups excluding carboxylic acids is 2. The van der Waals surface area contributed by atoms with E-state index in [9.17, 15) is 9.59 Å². The second-order valence-electron chi connectivity index (χ2n) is 8.41. The van der Waals surface area contributed by atoms with Gasteiger partial charge in [0.15, 0.2) is 5.96 Å². The molecule has 3 N–H and O–H groups in total. The maximum absolute atomic E-state index is 12.1. The fourth-order valence-electron chi connectivity index (χ4n) is 3.38. The minimum Gasteiger partial charge on any atom is -0.450 e. The van der Waals surface area contributed by atoms with Gasteiger partial charge in [-0.3, -0.25) is 4.99 Å². The van der Waals surface area contributed by atoms with Crippen molar-refractivity contribution in [3.8, 4) is 0 Å². The van der Waals surface area contributed by atoms with Gasteiger partial charge >= 0.3 is 12.2 Å². The van der Waals surface area contributed by atoms with Crippen LogP contribution >= 0.6 is 0 Å². The molecule has 0 spiro atoms. The van der Waals surface area contributed by atoms with Crippen molar-refractivity contribution in [2.75, 3.05) is 39.3 Å². The second-order valence-corrected chi connectivity index (χ2v) is 8.41. The minimum absolute atomic E-state index is 0.205. The number of hydrogen-bond acceptors (Lipinski definition) is 5. The molecule has 0 radical (unpaired) electrons. The number of guanidine groups is 1. The van der Waals surface area contributed by atoms with E-state index < -0.39 is 5.60 Å². The highest BCUT2D eigenvalue weighted by Gasteiger charge is 2.29. The molecular formula is C19H35N5O4. The predicted octanol–water partition coefficient (Wildman–Crippen LogP) is 1.77. The Labute approximate surface area is 167 Å². The molecule has 2 heterocycles. The van der Waals surface area contributed by atoms with Crippen LogP contribution in [0.2, 0.25) is 0 Å². The third-order valence-corrected chi connectivity index (χ3v) is 4.83. The van der Waals surface area contributed by atoms with Gasteiger partial charge in [0, 0.05) is 38.8 Å². The van der Waals surface area contributed by atoms with Gasteiger partial charge in [0.2, 0.25) is 0 Å². The Bertz CT molecular complexity index is 567. The summed E-state index contributed by atoms with van der Waals surface area (Å²) in [5, 5.41) is 3.24. The molecule has 0 bridgehead atoms. The number of nitrogens with zero attached hydrogens (tertiary/aromatic N) is 3. The lowest BCUT2D eigenvalue weighted by molar-refractivity contribution is 0.0289. The molecule has 2 saturated heterocycles. The van der Waals surface area contributed by atoms with Crippen molar-refractivity contribution >= 4 is 18.1 Å². The van der Waals surface area contributed by atoms with Gasteiger partial charge in [0.05, 0.1) is 6.61 Å². The van der Waals surface area contributed by atoms with Gasteiger partial charge in [-0.1, -0.05) is 0 Å². The zero-order chi connectivity index (χ0) is 20.7. The van der Waals surface area contributed by atoms with Crippen molar-refractivity contribution in [2.45, 2.75) is 58.6 Å². The first-order valence-electron chi connectivity index (χ1n) is 10.1. The van der Waals surface area contributed by atoms with Crippen molar-refractivity contribution in [3.63, 3.8) is 0 Å². The molecule has 2 amide bonds. The summed E-state index contributed by atoms with van der Waals surface area (Å²) in [6, 6.07) is 0.205. The van der Waals surface area contributed by atoms with Gasteiger partial charge in [-0.15, -0.1) is 0 Å². The van der Waals surface area contributed by atoms with Crippen molar-refractivity contribution in [3.05, 3.63) is 0 Å². The van der Waals surface area contributed by atoms with E-state index in [-0.39, 0.29) is 18.2 Å². The summed E-state index contributed by atoms with van der Waals surface area (Å²) >= 11 is 0. The number of nitrogens with one attached hydrogen (secondary N) is 1. The van der Waals surface area contributed by atoms with Gasteiger partial charge in [0.1, 0.15) is 5.60 Å². The highest BCUT2D eigenvalue weighted by molar-refractivity contribution is 5.78. The molecule has 2 aliphatic heterocycles. The Kier molecular flexibility index (Phi) is 7.77. The Hall–Kier alpha value is -2.19. The zero-order valence-corrected chi connectivity index (χ0v) is 17.6. The highest BCUT2D eigenvalue weighted by atomic mass is 16.6. The molecule has 160 valence electrons. The number of likely N-dealkylation sites (tertiary alicyclic amines) is 2. The van der Waals surface area contributed by atoms with Gasteiger partial charge in [-0.2, -0.15) is 0 Å². The standard InChI is InChI=1S/C19H35N5O4/c1-5-27-17(25)23-10-7-15(8-11-23)22-16(20)21-12-14-6-9-24(13-14)18(26)28-19(2,3)4/h14-15H,5-13H2,1-4H3,(H3,20,21,22). The zero-order valence-electron chi connectivity index (χ0n) is 17.6. The SMILES string of the molecule is CCOC(=O)N1CCC(NC(N)=NCC2CCN(C(=O)OC(C)(C)C)C2)CC1. The predicted molar refractivity (Wildman–Crippen MR) is 107 cm³/mol. The van der Waals surface area contributed by atoms with Crippen LogP contribution in [0.1, 0.15) is 47.0 Å². The quantitative estimate of drug-likeness (QED) is 0.553. The monoisotopic (exact) mass is 397 g/mol. The highest BCUT2D eigenvalue weighted by Crippen LogP contribution is 2.19. The van der Waals surface area contributed by atoms with E-state index in [0.717, 1.165) is 19.3 Å². The lowest BCUT2D eigenvalue weighted by Gasteiger charge is -2.31. The molecule has 2 aliphatic rings. The fraction of sp³-hybridized carbons (Fsp3) is 0.842. The van der Waals surface area contributed by atoms with Crippen LogP contribution in [0.5, 0.6) is 0 Å². The maximum Gasteiger partial charge on any atom is 0.410 e. The summed E-state index contributed by atoms with van der Waals surface area (Å²) < 4.78 is 10.4. The molecule has 1 atom stereocenters. The molecule has 28 heavy (non-hydrogen) atoms. The van der Waals surface area contributed by atoms with E-state index in [0.29, 0.717) is 51.2 Å². The Morgan fingerprint density at radius 1 is 1.11 bits per heavy atom. The Balaban J connectivity index is 1.69. The van der Waals surface area contributed by atoms with Crippen LogP contribution in [0.25, 0.3) is 0 Å². The summed E-state index contributed by atoms with van der Waals surface area (Å²) in [6.45, 7) is 11.0. The summed E-state index contributed by atoms with van der Waals surface area (Å²) in [6.07, 6.45) is 2.00. The van der Waals surface area contributed by atoms with Gasteiger partial charge in [-0.25, -0.2) is 9.59 Å². The largest absolute Gasteiger partial charge is 0.450 e. The minimum atomic E-state index is -0.482. The van der Waals surface area contributed by atoms with Crippen molar-refractivity contribution in [2.24, 2.45) is 16.6 Å². The number of rotatable bonds is 4. The number of piperidine rings is 1. The van der Waals surface area contributed by atoms with Crippen LogP contribution in [-0.2, 0) is 9.47 Å². The van der Waals surface area contributed by atoms with E-state index in [2.05, 4.69) is 10.3 Å². The topological polar surface area (TPSA) is 109 Å². The van der Waals surface area contributed by atoms with E-state index in [1.807, 2.05) is 20.8 Å². The third-order valence-electron chi connectivity index (χ3n) is 4.83. The summed E-state index contributed by atoms with van der Waals surface area (Å²) in [5.74, 6) is 0.712. The normalized spacial score (nSPS) is 21.6.